The molecule has 0 heterocycles. The number of hydrogen-bond acceptors (Lipinski definition) is 1. The van der Waals surface area contributed by atoms with Crippen LogP contribution in [0.3, 0.4) is 0 Å². The van der Waals surface area contributed by atoms with Gasteiger partial charge in [-0.3, -0.25) is 0 Å². The first-order chi connectivity index (χ1) is 5.95. The zero-order valence-electron chi connectivity index (χ0n) is 9.70. The summed E-state index contributed by atoms with van der Waals surface area (Å²) in [4.78, 5) is 0. The fourth-order valence-electron chi connectivity index (χ4n) is 2.61. The minimum Gasteiger partial charge on any atom is -0.674 e. The SMILES string of the molecule is CC(C)C([NH-])C1C(C)CC(C)C1O.[Ac]. The molecule has 0 bridgehead atoms. The molecule has 0 aromatic heterocycles. The maximum atomic E-state index is 9.93. The Morgan fingerprint density at radius 1 is 1.21 bits per heavy atom. The van der Waals surface area contributed by atoms with Crippen molar-refractivity contribution in [2.24, 2.45) is 23.7 Å². The molecule has 1 aliphatic carbocycles. The van der Waals surface area contributed by atoms with Crippen LogP contribution in [0.4, 0.5) is 0 Å². The van der Waals surface area contributed by atoms with Crippen LogP contribution in [0.25, 0.3) is 5.73 Å². The summed E-state index contributed by atoms with van der Waals surface area (Å²) in [5.41, 5.74) is 8.01. The molecule has 0 aromatic carbocycles. The van der Waals surface area contributed by atoms with E-state index in [0.717, 1.165) is 6.42 Å². The van der Waals surface area contributed by atoms with Gasteiger partial charge in [0.25, 0.3) is 0 Å². The van der Waals surface area contributed by atoms with Crippen molar-refractivity contribution >= 4 is 0 Å². The van der Waals surface area contributed by atoms with Crippen molar-refractivity contribution in [1.29, 1.82) is 0 Å². The van der Waals surface area contributed by atoms with Crippen LogP contribution < -0.4 is 0 Å². The number of rotatable bonds is 2. The van der Waals surface area contributed by atoms with Crippen LogP contribution in [0.2, 0.25) is 0 Å². The van der Waals surface area contributed by atoms with Gasteiger partial charge in [-0.15, -0.1) is 6.04 Å². The van der Waals surface area contributed by atoms with E-state index < -0.39 is 0 Å². The first kappa shape index (κ1) is 15.4. The summed E-state index contributed by atoms with van der Waals surface area (Å²) in [6, 6.07) is -0.102. The normalized spacial score (nSPS) is 39.6. The molecule has 1 radical (unpaired) electrons. The largest absolute Gasteiger partial charge is 0.674 e. The van der Waals surface area contributed by atoms with Gasteiger partial charge in [0.15, 0.2) is 0 Å². The van der Waals surface area contributed by atoms with Crippen LogP contribution in [0.5, 0.6) is 0 Å². The van der Waals surface area contributed by atoms with Crippen molar-refractivity contribution in [3.05, 3.63) is 5.73 Å². The van der Waals surface area contributed by atoms with Gasteiger partial charge in [0.2, 0.25) is 0 Å². The van der Waals surface area contributed by atoms with E-state index in [0.29, 0.717) is 17.8 Å². The Labute approximate surface area is 124 Å². The zero-order chi connectivity index (χ0) is 10.2. The summed E-state index contributed by atoms with van der Waals surface area (Å²) in [5, 5.41) is 9.93. The Hall–Kier alpha value is 1.36. The first-order valence-corrected chi connectivity index (χ1v) is 5.34. The monoisotopic (exact) mass is 411 g/mol. The average Bonchev–Trinajstić information content (AvgIpc) is 2.26. The maximum Gasteiger partial charge on any atom is 0.0582 e. The van der Waals surface area contributed by atoms with Crippen LogP contribution in [0, 0.1) is 67.7 Å². The first-order valence-electron chi connectivity index (χ1n) is 5.34. The molecule has 1 fully saturated rings. The van der Waals surface area contributed by atoms with Crippen molar-refractivity contribution in [3.63, 3.8) is 0 Å². The number of nitrogens with one attached hydrogen (secondary N) is 1. The van der Waals surface area contributed by atoms with Crippen LogP contribution in [0.15, 0.2) is 0 Å². The molecule has 14 heavy (non-hydrogen) atoms. The standard InChI is InChI=1S/C11H22NO.Ac/c1-6(2)10(12)9-7(3)5-8(4)11(9)13;/h6-13H,5H2,1-4H3;/q-1;. The molecule has 3 heteroatoms. The molecule has 81 valence electrons. The molecule has 1 aliphatic rings. The van der Waals surface area contributed by atoms with Crippen molar-refractivity contribution in [2.75, 3.05) is 0 Å². The van der Waals surface area contributed by atoms with E-state index in [1.165, 1.54) is 0 Å². The minimum absolute atomic E-state index is 0. The second kappa shape index (κ2) is 6.18. The predicted molar refractivity (Wildman–Crippen MR) is 55.4 cm³/mol. The van der Waals surface area contributed by atoms with Crippen LogP contribution in [-0.4, -0.2) is 17.3 Å². The van der Waals surface area contributed by atoms with Gasteiger partial charge in [0, 0.05) is 44.1 Å². The van der Waals surface area contributed by atoms with Crippen molar-refractivity contribution in [2.45, 2.75) is 46.3 Å². The average molecular weight is 411 g/mol. The molecule has 0 spiro atoms. The Morgan fingerprint density at radius 2 is 1.71 bits per heavy atom. The molecule has 0 aromatic rings. The fourth-order valence-corrected chi connectivity index (χ4v) is 2.61. The third-order valence-corrected chi connectivity index (χ3v) is 3.51. The fraction of sp³-hybridized carbons (Fsp3) is 1.00. The van der Waals surface area contributed by atoms with Gasteiger partial charge in [-0.2, -0.15) is 0 Å². The van der Waals surface area contributed by atoms with Gasteiger partial charge >= 0.3 is 0 Å². The quantitative estimate of drug-likeness (QED) is 0.746. The zero-order valence-corrected chi connectivity index (χ0v) is 14.4. The third-order valence-electron chi connectivity index (χ3n) is 3.51. The molecule has 1 rings (SSSR count). The molecule has 0 aliphatic heterocycles. The molecular formula is C11H22AcNO-. The molecule has 2 nitrogen and oxygen atoms in total. The van der Waals surface area contributed by atoms with Crippen molar-refractivity contribution in [3.8, 4) is 0 Å². The molecule has 0 amide bonds. The summed E-state index contributed by atoms with van der Waals surface area (Å²) in [7, 11) is 0. The van der Waals surface area contributed by atoms with Gasteiger partial charge in [-0.1, -0.05) is 33.6 Å². The third kappa shape index (κ3) is 3.17. The van der Waals surface area contributed by atoms with E-state index in [2.05, 4.69) is 27.7 Å². The van der Waals surface area contributed by atoms with Gasteiger partial charge in [-0.05, 0) is 24.2 Å². The number of aliphatic hydroxyl groups is 1. The second-order valence-electron chi connectivity index (χ2n) is 5.03. The molecular weight excluding hydrogens is 389 g/mol. The smallest absolute Gasteiger partial charge is 0.0582 e. The van der Waals surface area contributed by atoms with Crippen molar-refractivity contribution in [1.82, 2.24) is 0 Å². The Bertz CT molecular complexity index is 175. The van der Waals surface area contributed by atoms with Gasteiger partial charge in [0.05, 0.1) is 6.10 Å². The molecule has 0 saturated heterocycles. The summed E-state index contributed by atoms with van der Waals surface area (Å²) in [5.74, 6) is 1.43. The Balaban J connectivity index is 0.00000169. The van der Waals surface area contributed by atoms with Crippen molar-refractivity contribution < 1.29 is 49.2 Å². The summed E-state index contributed by atoms with van der Waals surface area (Å²) < 4.78 is 0. The molecule has 2 N–H and O–H groups in total. The summed E-state index contributed by atoms with van der Waals surface area (Å²) in [6.45, 7) is 8.40. The maximum absolute atomic E-state index is 9.93. The Kier molecular flexibility index (Phi) is 6.79. The van der Waals surface area contributed by atoms with E-state index in [1.54, 1.807) is 0 Å². The summed E-state index contributed by atoms with van der Waals surface area (Å²) >= 11 is 0. The number of aliphatic hydroxyl groups excluding tert-OH is 1. The number of hydrogen-bond donors (Lipinski definition) is 1. The van der Waals surface area contributed by atoms with Crippen LogP contribution in [0.1, 0.15) is 34.1 Å². The van der Waals surface area contributed by atoms with E-state index in [1.807, 2.05) is 0 Å². The van der Waals surface area contributed by atoms with Crippen LogP contribution >= 0.6 is 0 Å². The Morgan fingerprint density at radius 3 is 2.00 bits per heavy atom. The molecule has 5 atom stereocenters. The van der Waals surface area contributed by atoms with Gasteiger partial charge in [0.1, 0.15) is 0 Å². The van der Waals surface area contributed by atoms with Gasteiger partial charge < -0.3 is 10.8 Å². The van der Waals surface area contributed by atoms with E-state index in [-0.39, 0.29) is 62.1 Å². The molecule has 1 saturated carbocycles. The van der Waals surface area contributed by atoms with E-state index >= 15 is 0 Å². The second-order valence-corrected chi connectivity index (χ2v) is 5.03. The summed E-state index contributed by atoms with van der Waals surface area (Å²) in [6.07, 6.45) is 0.827. The van der Waals surface area contributed by atoms with Crippen LogP contribution in [-0.2, 0) is 0 Å². The van der Waals surface area contributed by atoms with Gasteiger partial charge in [-0.25, -0.2) is 0 Å². The predicted octanol–water partition coefficient (Wildman–Crippen LogP) is 2.72. The minimum atomic E-state index is -0.250. The molecule has 5 unspecified atom stereocenters. The van der Waals surface area contributed by atoms with E-state index in [4.69, 9.17) is 5.73 Å². The topological polar surface area (TPSA) is 44.0 Å². The van der Waals surface area contributed by atoms with E-state index in [9.17, 15) is 5.11 Å².